The fourth-order valence-electron chi connectivity index (χ4n) is 3.11. The number of hydrogen-bond donors (Lipinski definition) is 1. The van der Waals surface area contributed by atoms with Crippen LogP contribution in [0.4, 0.5) is 0 Å². The zero-order chi connectivity index (χ0) is 15.8. The third-order valence-corrected chi connectivity index (χ3v) is 13.7. The van der Waals surface area contributed by atoms with Crippen LogP contribution in [0.2, 0.25) is 23.7 Å². The molecule has 0 saturated carbocycles. The van der Waals surface area contributed by atoms with Gasteiger partial charge in [-0.15, -0.1) is 11.3 Å². The summed E-state index contributed by atoms with van der Waals surface area (Å²) in [6, 6.07) is 2.01. The summed E-state index contributed by atoms with van der Waals surface area (Å²) in [4.78, 5) is 1.01. The molecule has 2 nitrogen and oxygen atoms in total. The van der Waals surface area contributed by atoms with Crippen molar-refractivity contribution in [3.8, 4) is 0 Å². The Morgan fingerprint density at radius 3 is 2.62 bits per heavy atom. The lowest BCUT2D eigenvalue weighted by atomic mass is 10.0. The van der Waals surface area contributed by atoms with Crippen LogP contribution in [0.25, 0.3) is 0 Å². The van der Waals surface area contributed by atoms with Gasteiger partial charge < -0.3 is 9.84 Å². The van der Waals surface area contributed by atoms with E-state index in [9.17, 15) is 5.11 Å². The summed E-state index contributed by atoms with van der Waals surface area (Å²) in [5.74, 6) is 0. The first kappa shape index (κ1) is 17.7. The van der Waals surface area contributed by atoms with Gasteiger partial charge in [0, 0.05) is 16.0 Å². The Labute approximate surface area is 142 Å². The Kier molecular flexibility index (Phi) is 5.42. The number of aliphatic hydroxyl groups is 1. The minimum Gasteiger partial charge on any atom is -0.385 e. The number of halogens is 1. The van der Waals surface area contributed by atoms with Crippen LogP contribution in [-0.2, 0) is 4.74 Å². The molecule has 0 amide bonds. The maximum atomic E-state index is 10.9. The third-order valence-electron chi connectivity index (χ3n) is 5.45. The van der Waals surface area contributed by atoms with Gasteiger partial charge >= 0.3 is 0 Å². The zero-order valence-electron chi connectivity index (χ0n) is 13.6. The highest BCUT2D eigenvalue weighted by atomic mass is 79.9. The van der Waals surface area contributed by atoms with E-state index in [1.165, 1.54) is 6.42 Å². The van der Waals surface area contributed by atoms with Crippen molar-refractivity contribution in [1.82, 2.24) is 0 Å². The van der Waals surface area contributed by atoms with Crippen molar-refractivity contribution in [3.63, 3.8) is 0 Å². The van der Waals surface area contributed by atoms with Crippen LogP contribution in [0.5, 0.6) is 0 Å². The van der Waals surface area contributed by atoms with E-state index in [1.54, 1.807) is 11.3 Å². The van der Waals surface area contributed by atoms with Crippen LogP contribution < -0.4 is 0 Å². The van der Waals surface area contributed by atoms with Gasteiger partial charge in [-0.3, -0.25) is 0 Å². The minimum atomic E-state index is -1.56. The van der Waals surface area contributed by atoms with E-state index >= 15 is 0 Å². The number of rotatable bonds is 3. The summed E-state index contributed by atoms with van der Waals surface area (Å²) in [5, 5.41) is 13.2. The zero-order valence-corrected chi connectivity index (χ0v) is 17.1. The molecule has 0 radical (unpaired) electrons. The standard InChI is InChI=1S/C16H27BrO2SSi/c1-16(2,3)21(4,5)12-7-6-9-19-14(12)13(18)15-11(17)8-10-20-15/h8,10,12-14,18H,6-7,9H2,1-5H3. The molecule has 1 aromatic rings. The molecule has 1 aliphatic heterocycles. The van der Waals surface area contributed by atoms with Gasteiger partial charge in [-0.2, -0.15) is 0 Å². The normalized spacial score (nSPS) is 25.9. The van der Waals surface area contributed by atoms with Crippen LogP contribution in [0.15, 0.2) is 15.9 Å². The second-order valence-electron chi connectivity index (χ2n) is 7.63. The molecule has 0 aliphatic carbocycles. The van der Waals surface area contributed by atoms with Gasteiger partial charge in [0.15, 0.2) is 0 Å². The lowest BCUT2D eigenvalue weighted by Crippen LogP contribution is -2.50. The summed E-state index contributed by atoms with van der Waals surface area (Å²) >= 11 is 5.16. The fraction of sp³-hybridized carbons (Fsp3) is 0.750. The van der Waals surface area contributed by atoms with Crippen LogP contribution >= 0.6 is 27.3 Å². The van der Waals surface area contributed by atoms with E-state index < -0.39 is 14.2 Å². The molecule has 2 rings (SSSR count). The topological polar surface area (TPSA) is 29.5 Å². The van der Waals surface area contributed by atoms with Crippen molar-refractivity contribution in [2.75, 3.05) is 6.61 Å². The molecule has 3 unspecified atom stereocenters. The van der Waals surface area contributed by atoms with Gasteiger partial charge in [-0.1, -0.05) is 33.9 Å². The average molecular weight is 391 g/mol. The van der Waals surface area contributed by atoms with E-state index in [1.807, 2.05) is 11.4 Å². The summed E-state index contributed by atoms with van der Waals surface area (Å²) in [6.45, 7) is 12.7. The molecule has 5 heteroatoms. The van der Waals surface area contributed by atoms with E-state index in [2.05, 4.69) is 49.8 Å². The Balaban J connectivity index is 2.30. The summed E-state index contributed by atoms with van der Waals surface area (Å²) in [5.41, 5.74) is 0.496. The van der Waals surface area contributed by atoms with Crippen LogP contribution in [0.1, 0.15) is 44.6 Å². The second kappa shape index (κ2) is 6.44. The highest BCUT2D eigenvalue weighted by molar-refractivity contribution is 9.10. The van der Waals surface area contributed by atoms with Gasteiger partial charge in [0.05, 0.1) is 14.2 Å². The lowest BCUT2D eigenvalue weighted by Gasteiger charge is -2.49. The molecule has 1 saturated heterocycles. The smallest absolute Gasteiger partial charge is 0.115 e. The van der Waals surface area contributed by atoms with Crippen molar-refractivity contribution in [2.24, 2.45) is 0 Å². The highest BCUT2D eigenvalue weighted by Crippen LogP contribution is 2.51. The van der Waals surface area contributed by atoms with E-state index in [0.29, 0.717) is 10.6 Å². The summed E-state index contributed by atoms with van der Waals surface area (Å²) in [6.07, 6.45) is 1.72. The molecular formula is C16H27BrO2SSi. The van der Waals surface area contributed by atoms with Gasteiger partial charge in [-0.25, -0.2) is 0 Å². The number of aliphatic hydroxyl groups excluding tert-OH is 1. The molecular weight excluding hydrogens is 364 g/mol. The Morgan fingerprint density at radius 1 is 1.43 bits per heavy atom. The number of hydrogen-bond acceptors (Lipinski definition) is 3. The molecule has 1 aromatic heterocycles. The molecule has 1 fully saturated rings. The van der Waals surface area contributed by atoms with Gasteiger partial charge in [0.1, 0.15) is 6.10 Å². The number of ether oxygens (including phenoxy) is 1. The van der Waals surface area contributed by atoms with E-state index in [0.717, 1.165) is 22.4 Å². The van der Waals surface area contributed by atoms with Crippen molar-refractivity contribution in [3.05, 3.63) is 20.8 Å². The molecule has 0 bridgehead atoms. The molecule has 2 heterocycles. The van der Waals surface area contributed by atoms with Crippen molar-refractivity contribution >= 4 is 35.3 Å². The van der Waals surface area contributed by atoms with Gasteiger partial charge in [0.25, 0.3) is 0 Å². The minimum absolute atomic E-state index is 0.0606. The predicted octanol–water partition coefficient (Wildman–Crippen LogP) is 5.60. The van der Waals surface area contributed by atoms with Crippen molar-refractivity contribution in [2.45, 2.75) is 69.5 Å². The Hall–Kier alpha value is 0.317. The van der Waals surface area contributed by atoms with Crippen LogP contribution in [-0.4, -0.2) is 25.9 Å². The third kappa shape index (κ3) is 3.47. The van der Waals surface area contributed by atoms with Gasteiger partial charge in [0.2, 0.25) is 0 Å². The quantitative estimate of drug-likeness (QED) is 0.680. The van der Waals surface area contributed by atoms with Crippen LogP contribution in [0, 0.1) is 0 Å². The maximum Gasteiger partial charge on any atom is 0.115 e. The highest BCUT2D eigenvalue weighted by Gasteiger charge is 2.49. The molecule has 21 heavy (non-hydrogen) atoms. The molecule has 1 aliphatic rings. The van der Waals surface area contributed by atoms with Crippen molar-refractivity contribution < 1.29 is 9.84 Å². The van der Waals surface area contributed by atoms with Crippen molar-refractivity contribution in [1.29, 1.82) is 0 Å². The first-order chi connectivity index (χ1) is 9.66. The lowest BCUT2D eigenvalue weighted by molar-refractivity contribution is -0.0639. The predicted molar refractivity (Wildman–Crippen MR) is 96.9 cm³/mol. The molecule has 0 aromatic carbocycles. The average Bonchev–Trinajstić information content (AvgIpc) is 2.83. The van der Waals surface area contributed by atoms with E-state index in [-0.39, 0.29) is 6.10 Å². The number of thiophene rings is 1. The second-order valence-corrected chi connectivity index (χ2v) is 15.1. The molecule has 120 valence electrons. The largest absolute Gasteiger partial charge is 0.385 e. The SMILES string of the molecule is CC(C)(C)[Si](C)(C)C1CCCOC1C(O)c1sccc1Br. The summed E-state index contributed by atoms with van der Waals surface area (Å²) in [7, 11) is -1.56. The molecule has 1 N–H and O–H groups in total. The summed E-state index contributed by atoms with van der Waals surface area (Å²) < 4.78 is 7.09. The Morgan fingerprint density at radius 2 is 2.10 bits per heavy atom. The molecule has 0 spiro atoms. The molecule has 3 atom stereocenters. The fourth-order valence-corrected chi connectivity index (χ4v) is 7.87. The van der Waals surface area contributed by atoms with Crippen LogP contribution in [0.3, 0.4) is 0 Å². The maximum absolute atomic E-state index is 10.9. The first-order valence-corrected chi connectivity index (χ1v) is 12.4. The Bertz CT molecular complexity index is 481. The van der Waals surface area contributed by atoms with Gasteiger partial charge in [-0.05, 0) is 50.8 Å². The first-order valence-electron chi connectivity index (χ1n) is 7.69. The van der Waals surface area contributed by atoms with E-state index in [4.69, 9.17) is 4.74 Å². The monoisotopic (exact) mass is 390 g/mol.